The monoisotopic (exact) mass is 304 g/mol. The molecule has 1 heterocycles. The summed E-state index contributed by atoms with van der Waals surface area (Å²) in [4.78, 5) is 24.2. The fraction of sp³-hybridized carbons (Fsp3) is 0.588. The van der Waals surface area contributed by atoms with Crippen molar-refractivity contribution in [3.05, 3.63) is 26.5 Å². The molecule has 1 aromatic heterocycles. The number of hydrogen-bond acceptors (Lipinski definition) is 4. The maximum atomic E-state index is 12.2. The normalized spacial score (nSPS) is 15.7. The van der Waals surface area contributed by atoms with Gasteiger partial charge >= 0.3 is 5.97 Å². The van der Waals surface area contributed by atoms with Crippen LogP contribution in [-0.4, -0.2) is 22.4 Å². The molecule has 0 radical (unpaired) electrons. The standard InChI is InChI=1S/C17H24N2O3/c1-4-22-17(21)15-12(2)13(3)16(20)19(18-15)11-10-14-8-6-5-7-9-14/h14H,2-11H2,1H3. The van der Waals surface area contributed by atoms with Crippen LogP contribution in [0.4, 0.5) is 0 Å². The van der Waals surface area contributed by atoms with Crippen LogP contribution in [0.2, 0.25) is 0 Å². The molecular formula is C17H24N2O3. The summed E-state index contributed by atoms with van der Waals surface area (Å²) < 4.78 is 6.31. The molecule has 0 amide bonds. The second kappa shape index (κ2) is 7.38. The number of aromatic nitrogens is 2. The van der Waals surface area contributed by atoms with Crippen molar-refractivity contribution in [3.8, 4) is 0 Å². The molecule has 22 heavy (non-hydrogen) atoms. The van der Waals surface area contributed by atoms with Gasteiger partial charge in [-0.05, 0) is 19.3 Å². The molecule has 1 aliphatic rings. The summed E-state index contributed by atoms with van der Waals surface area (Å²) in [5.74, 6) is 0.0880. The van der Waals surface area contributed by atoms with Gasteiger partial charge in [0.25, 0.3) is 5.56 Å². The molecule has 0 bridgehead atoms. The number of carbonyl (C=O) groups is 1. The SMILES string of the molecule is C=c1c(C(=O)OCC)nn(CCC2CCCCC2)c(=O)c1=C. The van der Waals surface area contributed by atoms with Gasteiger partial charge in [0.1, 0.15) is 0 Å². The fourth-order valence-electron chi connectivity index (χ4n) is 2.95. The average Bonchev–Trinajstić information content (AvgIpc) is 2.53. The van der Waals surface area contributed by atoms with E-state index in [0.717, 1.165) is 6.42 Å². The van der Waals surface area contributed by atoms with Crippen LogP contribution in [0.3, 0.4) is 0 Å². The first-order valence-electron chi connectivity index (χ1n) is 8.00. The van der Waals surface area contributed by atoms with Crippen LogP contribution in [0.15, 0.2) is 4.79 Å². The lowest BCUT2D eigenvalue weighted by atomic mass is 9.87. The Morgan fingerprint density at radius 2 is 1.95 bits per heavy atom. The summed E-state index contributed by atoms with van der Waals surface area (Å²) in [6, 6.07) is 0. The minimum Gasteiger partial charge on any atom is -0.461 e. The predicted molar refractivity (Wildman–Crippen MR) is 85.9 cm³/mol. The Hall–Kier alpha value is -1.91. The number of nitrogens with zero attached hydrogens (tertiary/aromatic N) is 2. The number of carbonyl (C=O) groups excluding carboxylic acids is 1. The number of esters is 1. The van der Waals surface area contributed by atoms with E-state index in [1.165, 1.54) is 36.8 Å². The van der Waals surface area contributed by atoms with Crippen molar-refractivity contribution >= 4 is 19.1 Å². The Bertz CT molecular complexity index is 687. The molecule has 5 nitrogen and oxygen atoms in total. The van der Waals surface area contributed by atoms with E-state index in [1.54, 1.807) is 6.92 Å². The fourth-order valence-corrected chi connectivity index (χ4v) is 2.95. The third-order valence-electron chi connectivity index (χ3n) is 4.31. The Morgan fingerprint density at radius 1 is 1.27 bits per heavy atom. The van der Waals surface area contributed by atoms with E-state index in [4.69, 9.17) is 4.74 Å². The van der Waals surface area contributed by atoms with E-state index in [2.05, 4.69) is 18.3 Å². The first-order chi connectivity index (χ1) is 10.5. The maximum Gasteiger partial charge on any atom is 0.359 e. The van der Waals surface area contributed by atoms with Crippen molar-refractivity contribution in [2.45, 2.75) is 52.0 Å². The number of hydrogen-bond donors (Lipinski definition) is 0. The second-order valence-corrected chi connectivity index (χ2v) is 5.85. The number of ether oxygens (including phenoxy) is 1. The van der Waals surface area contributed by atoms with E-state index < -0.39 is 5.97 Å². The lowest BCUT2D eigenvalue weighted by Gasteiger charge is -2.21. The summed E-state index contributed by atoms with van der Waals surface area (Å²) in [5.41, 5.74) is -0.177. The van der Waals surface area contributed by atoms with Crippen molar-refractivity contribution in [2.24, 2.45) is 5.92 Å². The zero-order chi connectivity index (χ0) is 16.1. The van der Waals surface area contributed by atoms with Gasteiger partial charge in [0.15, 0.2) is 5.69 Å². The molecule has 1 aromatic rings. The van der Waals surface area contributed by atoms with Gasteiger partial charge in [0, 0.05) is 17.0 Å². The lowest BCUT2D eigenvalue weighted by molar-refractivity contribution is 0.0514. The van der Waals surface area contributed by atoms with Crippen molar-refractivity contribution in [3.63, 3.8) is 0 Å². The molecule has 0 spiro atoms. The van der Waals surface area contributed by atoms with Gasteiger partial charge in [-0.3, -0.25) is 4.79 Å². The first kappa shape index (κ1) is 16.5. The third-order valence-corrected chi connectivity index (χ3v) is 4.31. The first-order valence-corrected chi connectivity index (χ1v) is 8.00. The molecule has 0 saturated heterocycles. The van der Waals surface area contributed by atoms with Crippen LogP contribution >= 0.6 is 0 Å². The molecule has 0 unspecified atom stereocenters. The highest BCUT2D eigenvalue weighted by Gasteiger charge is 2.16. The number of aryl methyl sites for hydroxylation is 1. The molecule has 0 aliphatic heterocycles. The van der Waals surface area contributed by atoms with E-state index >= 15 is 0 Å². The predicted octanol–water partition coefficient (Wildman–Crippen LogP) is 1.21. The minimum absolute atomic E-state index is 0.0927. The van der Waals surface area contributed by atoms with Gasteiger partial charge in [0.2, 0.25) is 0 Å². The van der Waals surface area contributed by atoms with Gasteiger partial charge in [-0.25, -0.2) is 9.48 Å². The smallest absolute Gasteiger partial charge is 0.359 e. The summed E-state index contributed by atoms with van der Waals surface area (Å²) in [7, 11) is 0. The third kappa shape index (κ3) is 3.64. The highest BCUT2D eigenvalue weighted by molar-refractivity contribution is 5.87. The van der Waals surface area contributed by atoms with Crippen molar-refractivity contribution in [2.75, 3.05) is 6.61 Å². The highest BCUT2D eigenvalue weighted by atomic mass is 16.5. The van der Waals surface area contributed by atoms with E-state index in [9.17, 15) is 9.59 Å². The molecule has 1 fully saturated rings. The Kier molecular flexibility index (Phi) is 5.52. The average molecular weight is 304 g/mol. The minimum atomic E-state index is -0.552. The largest absolute Gasteiger partial charge is 0.461 e. The molecular weight excluding hydrogens is 280 g/mol. The highest BCUT2D eigenvalue weighted by Crippen LogP contribution is 2.26. The van der Waals surface area contributed by atoms with Crippen LogP contribution in [0.1, 0.15) is 55.9 Å². The topological polar surface area (TPSA) is 61.2 Å². The van der Waals surface area contributed by atoms with Gasteiger partial charge in [-0.1, -0.05) is 45.3 Å². The van der Waals surface area contributed by atoms with Gasteiger partial charge in [-0.15, -0.1) is 0 Å². The van der Waals surface area contributed by atoms with Crippen LogP contribution in [0.25, 0.3) is 13.2 Å². The summed E-state index contributed by atoms with van der Waals surface area (Å²) in [6.07, 6.45) is 7.17. The zero-order valence-corrected chi connectivity index (χ0v) is 13.3. The van der Waals surface area contributed by atoms with Crippen molar-refractivity contribution < 1.29 is 9.53 Å². The number of rotatable bonds is 5. The van der Waals surface area contributed by atoms with Crippen LogP contribution < -0.4 is 16.0 Å². The van der Waals surface area contributed by atoms with Gasteiger partial charge < -0.3 is 4.74 Å². The molecule has 0 aromatic carbocycles. The van der Waals surface area contributed by atoms with E-state index in [-0.39, 0.29) is 28.3 Å². The van der Waals surface area contributed by atoms with Crippen LogP contribution in [0, 0.1) is 5.92 Å². The quantitative estimate of drug-likeness (QED) is 0.767. The van der Waals surface area contributed by atoms with Gasteiger partial charge in [-0.2, -0.15) is 5.10 Å². The van der Waals surface area contributed by atoms with E-state index in [1.807, 2.05) is 0 Å². The van der Waals surface area contributed by atoms with Crippen LogP contribution in [0.5, 0.6) is 0 Å². The zero-order valence-electron chi connectivity index (χ0n) is 13.3. The van der Waals surface area contributed by atoms with E-state index in [0.29, 0.717) is 12.5 Å². The Morgan fingerprint density at radius 3 is 2.59 bits per heavy atom. The van der Waals surface area contributed by atoms with Crippen molar-refractivity contribution in [1.82, 2.24) is 9.78 Å². The maximum absolute atomic E-state index is 12.2. The molecule has 5 heteroatoms. The molecule has 1 saturated carbocycles. The van der Waals surface area contributed by atoms with Crippen molar-refractivity contribution in [1.29, 1.82) is 0 Å². The molecule has 0 N–H and O–H groups in total. The molecule has 2 rings (SSSR count). The summed E-state index contributed by atoms with van der Waals surface area (Å²) in [5, 5.41) is 4.65. The second-order valence-electron chi connectivity index (χ2n) is 5.85. The van der Waals surface area contributed by atoms with Crippen LogP contribution in [-0.2, 0) is 11.3 Å². The Balaban J connectivity index is 2.23. The van der Waals surface area contributed by atoms with Gasteiger partial charge in [0.05, 0.1) is 6.61 Å². The summed E-state index contributed by atoms with van der Waals surface area (Å²) in [6.45, 7) is 9.97. The molecule has 1 aliphatic carbocycles. The molecule has 0 atom stereocenters. The lowest BCUT2D eigenvalue weighted by Crippen LogP contribution is -2.48. The summed E-state index contributed by atoms with van der Waals surface area (Å²) >= 11 is 0. The Labute approximate surface area is 130 Å². The molecule has 120 valence electrons.